The third kappa shape index (κ3) is 4.58. The molecule has 1 aliphatic rings. The highest BCUT2D eigenvalue weighted by atomic mass is 32.2. The molecule has 0 bridgehead atoms. The molecule has 0 spiro atoms. The molecule has 1 aromatic carbocycles. The molecule has 9 heteroatoms. The molecule has 1 aliphatic heterocycles. The highest BCUT2D eigenvalue weighted by Crippen LogP contribution is 2.35. The van der Waals surface area contributed by atoms with Crippen LogP contribution < -0.4 is 0 Å². The van der Waals surface area contributed by atoms with Gasteiger partial charge in [0, 0.05) is 43.9 Å². The molecule has 1 saturated heterocycles. The topological polar surface area (TPSA) is 75.5 Å². The van der Waals surface area contributed by atoms with Gasteiger partial charge in [0.2, 0.25) is 15.9 Å². The maximum atomic E-state index is 13.1. The summed E-state index contributed by atoms with van der Waals surface area (Å²) in [7, 11) is -3.54. The minimum atomic E-state index is -3.54. The number of amides is 1. The third-order valence-corrected chi connectivity index (χ3v) is 9.48. The molecular weight excluding hydrogens is 456 g/mol. The lowest BCUT2D eigenvalue weighted by atomic mass is 10.1. The first kappa shape index (κ1) is 23.9. The van der Waals surface area contributed by atoms with Gasteiger partial charge in [-0.25, -0.2) is 13.4 Å². The van der Waals surface area contributed by atoms with Gasteiger partial charge >= 0.3 is 0 Å². The van der Waals surface area contributed by atoms with Crippen molar-refractivity contribution in [2.24, 2.45) is 0 Å². The van der Waals surface area contributed by atoms with Crippen molar-refractivity contribution in [2.75, 3.05) is 19.6 Å². The van der Waals surface area contributed by atoms with Gasteiger partial charge in [-0.15, -0.1) is 11.3 Å². The van der Waals surface area contributed by atoms with Crippen molar-refractivity contribution in [1.82, 2.24) is 18.8 Å². The molecule has 4 rings (SSSR count). The van der Waals surface area contributed by atoms with Crippen LogP contribution in [0.4, 0.5) is 0 Å². The zero-order chi connectivity index (χ0) is 23.6. The number of nitrogens with zero attached hydrogens (tertiary/aromatic N) is 4. The minimum absolute atomic E-state index is 0.158. The number of benzene rings is 1. The summed E-state index contributed by atoms with van der Waals surface area (Å²) in [6.07, 6.45) is 2.98. The Hall–Kier alpha value is -2.23. The van der Waals surface area contributed by atoms with Gasteiger partial charge in [0.15, 0.2) is 0 Å². The molecule has 1 fully saturated rings. The summed E-state index contributed by atoms with van der Waals surface area (Å²) in [5.74, 6) is 0.982. The van der Waals surface area contributed by atoms with E-state index < -0.39 is 10.0 Å². The first-order valence-electron chi connectivity index (χ1n) is 11.7. The van der Waals surface area contributed by atoms with Crippen LogP contribution in [0.25, 0.3) is 11.0 Å². The van der Waals surface area contributed by atoms with E-state index in [-0.39, 0.29) is 16.8 Å². The number of rotatable bonds is 9. The molecule has 0 radical (unpaired) electrons. The number of likely N-dealkylation sites (tertiary alicyclic amines) is 1. The van der Waals surface area contributed by atoms with E-state index in [1.807, 2.05) is 37.8 Å². The van der Waals surface area contributed by atoms with Crippen LogP contribution in [0.2, 0.25) is 0 Å². The van der Waals surface area contributed by atoms with Crippen LogP contribution in [0.15, 0.2) is 40.6 Å². The van der Waals surface area contributed by atoms with Crippen molar-refractivity contribution in [1.29, 1.82) is 0 Å². The smallest absolute Gasteiger partial charge is 0.243 e. The molecule has 3 aromatic rings. The molecule has 1 unspecified atom stereocenters. The number of imidazole rings is 1. The van der Waals surface area contributed by atoms with Gasteiger partial charge in [-0.2, -0.15) is 4.31 Å². The van der Waals surface area contributed by atoms with Crippen molar-refractivity contribution in [3.05, 3.63) is 46.4 Å². The summed E-state index contributed by atoms with van der Waals surface area (Å²) in [6.45, 7) is 8.09. The molecule has 0 N–H and O–H groups in total. The Bertz CT molecular complexity index is 1210. The highest BCUT2D eigenvalue weighted by molar-refractivity contribution is 7.89. The Morgan fingerprint density at radius 3 is 2.67 bits per heavy atom. The van der Waals surface area contributed by atoms with Crippen molar-refractivity contribution < 1.29 is 13.2 Å². The molecular formula is C24H32N4O3S2. The summed E-state index contributed by atoms with van der Waals surface area (Å²) in [4.78, 5) is 21.4. The number of carbonyl (C=O) groups excluding carboxylic acids is 1. The van der Waals surface area contributed by atoms with Crippen molar-refractivity contribution in [3.8, 4) is 0 Å². The van der Waals surface area contributed by atoms with E-state index in [9.17, 15) is 13.2 Å². The van der Waals surface area contributed by atoms with Crippen LogP contribution in [0.3, 0.4) is 0 Å². The fourth-order valence-corrected chi connectivity index (χ4v) is 7.13. The number of fused-ring (bicyclic) bond motifs is 1. The normalized spacial score (nSPS) is 16.8. The second kappa shape index (κ2) is 9.95. The highest BCUT2D eigenvalue weighted by Gasteiger charge is 2.30. The van der Waals surface area contributed by atoms with Crippen LogP contribution in [-0.4, -0.2) is 52.7 Å². The van der Waals surface area contributed by atoms with E-state index in [4.69, 9.17) is 4.98 Å². The lowest BCUT2D eigenvalue weighted by molar-refractivity contribution is -0.132. The Morgan fingerprint density at radius 1 is 1.21 bits per heavy atom. The zero-order valence-electron chi connectivity index (χ0n) is 19.5. The summed E-state index contributed by atoms with van der Waals surface area (Å²) < 4.78 is 29.4. The lowest BCUT2D eigenvalue weighted by Crippen LogP contribution is -2.30. The van der Waals surface area contributed by atoms with E-state index in [0.717, 1.165) is 30.7 Å². The summed E-state index contributed by atoms with van der Waals surface area (Å²) in [5.41, 5.74) is 1.56. The van der Waals surface area contributed by atoms with Crippen molar-refractivity contribution >= 4 is 38.3 Å². The lowest BCUT2D eigenvalue weighted by Gasteiger charge is -2.24. The molecule has 7 nitrogen and oxygen atoms in total. The predicted octanol–water partition coefficient (Wildman–Crippen LogP) is 4.44. The SMILES string of the molecule is CCN(CC)S(=O)(=O)c1ccc2c(c1)nc(CCC(=O)N1CCCC1c1cccs1)n2CC. The third-order valence-electron chi connectivity index (χ3n) is 6.47. The number of carbonyl (C=O) groups is 1. The van der Waals surface area contributed by atoms with Crippen LogP contribution in [0.1, 0.15) is 56.8 Å². The molecule has 3 heterocycles. The second-order valence-corrected chi connectivity index (χ2v) is 11.2. The summed E-state index contributed by atoms with van der Waals surface area (Å²) in [6, 6.07) is 9.50. The van der Waals surface area contributed by atoms with Crippen LogP contribution >= 0.6 is 11.3 Å². The predicted molar refractivity (Wildman–Crippen MR) is 132 cm³/mol. The number of hydrogen-bond donors (Lipinski definition) is 0. The molecule has 0 saturated carbocycles. The molecule has 2 aromatic heterocycles. The molecule has 1 amide bonds. The van der Waals surface area contributed by atoms with E-state index >= 15 is 0 Å². The van der Waals surface area contributed by atoms with E-state index in [0.29, 0.717) is 38.0 Å². The summed E-state index contributed by atoms with van der Waals surface area (Å²) >= 11 is 1.71. The number of aryl methyl sites for hydroxylation is 2. The van der Waals surface area contributed by atoms with E-state index in [1.54, 1.807) is 23.5 Å². The van der Waals surface area contributed by atoms with Crippen molar-refractivity contribution in [3.63, 3.8) is 0 Å². The molecule has 1 atom stereocenters. The monoisotopic (exact) mass is 488 g/mol. The van der Waals surface area contributed by atoms with Crippen molar-refractivity contribution in [2.45, 2.75) is 63.9 Å². The zero-order valence-corrected chi connectivity index (χ0v) is 21.2. The fourth-order valence-electron chi connectivity index (χ4n) is 4.78. The fraction of sp³-hybridized carbons (Fsp3) is 0.500. The van der Waals surface area contributed by atoms with Gasteiger partial charge in [-0.05, 0) is 49.4 Å². The maximum Gasteiger partial charge on any atom is 0.243 e. The Kier molecular flexibility index (Phi) is 7.21. The first-order valence-corrected chi connectivity index (χ1v) is 14.0. The Morgan fingerprint density at radius 2 is 2.00 bits per heavy atom. The number of sulfonamides is 1. The van der Waals surface area contributed by atoms with E-state index in [1.165, 1.54) is 9.18 Å². The first-order chi connectivity index (χ1) is 15.9. The van der Waals surface area contributed by atoms with Gasteiger partial charge in [0.25, 0.3) is 0 Å². The average Bonchev–Trinajstić information content (AvgIpc) is 3.56. The largest absolute Gasteiger partial charge is 0.335 e. The van der Waals surface area contributed by atoms with E-state index in [2.05, 4.69) is 16.0 Å². The molecule has 178 valence electrons. The average molecular weight is 489 g/mol. The Labute approximate surface area is 200 Å². The van der Waals surface area contributed by atoms with Gasteiger partial charge in [0.05, 0.1) is 22.0 Å². The Balaban J connectivity index is 1.55. The van der Waals surface area contributed by atoms with Crippen LogP contribution in [0.5, 0.6) is 0 Å². The standard InChI is InChI=1S/C24H32N4O3S2/c1-4-26(5-2)33(30,31)18-11-12-20-19(17-18)25-23(27(20)6-3)13-14-24(29)28-15-7-9-21(28)22-10-8-16-32-22/h8,10-12,16-17,21H,4-7,9,13-15H2,1-3H3. The van der Waals surface area contributed by atoms with Gasteiger partial charge in [-0.1, -0.05) is 19.9 Å². The quantitative estimate of drug-likeness (QED) is 0.446. The summed E-state index contributed by atoms with van der Waals surface area (Å²) in [5, 5.41) is 2.06. The maximum absolute atomic E-state index is 13.1. The van der Waals surface area contributed by atoms with Crippen LogP contribution in [-0.2, 0) is 27.8 Å². The van der Waals surface area contributed by atoms with Gasteiger partial charge in [0.1, 0.15) is 5.82 Å². The molecule has 0 aliphatic carbocycles. The van der Waals surface area contributed by atoms with Gasteiger partial charge < -0.3 is 9.47 Å². The second-order valence-electron chi connectivity index (χ2n) is 8.27. The van der Waals surface area contributed by atoms with Crippen LogP contribution in [0, 0.1) is 0 Å². The minimum Gasteiger partial charge on any atom is -0.335 e. The van der Waals surface area contributed by atoms with Gasteiger partial charge in [-0.3, -0.25) is 4.79 Å². The number of hydrogen-bond acceptors (Lipinski definition) is 5. The number of aromatic nitrogens is 2. The molecule has 33 heavy (non-hydrogen) atoms. The number of thiophene rings is 1.